The minimum absolute atomic E-state index is 0.0290. The van der Waals surface area contributed by atoms with E-state index in [9.17, 15) is 4.79 Å². The van der Waals surface area contributed by atoms with E-state index in [1.165, 1.54) is 5.56 Å². The number of hydrogen-bond donors (Lipinski definition) is 3. The highest BCUT2D eigenvalue weighted by Gasteiger charge is 2.16. The van der Waals surface area contributed by atoms with Crippen molar-refractivity contribution in [3.8, 4) is 33.8 Å². The number of thiophene rings is 1. The van der Waals surface area contributed by atoms with Crippen LogP contribution in [0.4, 0.5) is 5.69 Å². The van der Waals surface area contributed by atoms with Crippen LogP contribution in [0.1, 0.15) is 20.3 Å². The Balaban J connectivity index is 1.38. The van der Waals surface area contributed by atoms with Crippen molar-refractivity contribution in [1.29, 1.82) is 0 Å². The van der Waals surface area contributed by atoms with E-state index in [1.54, 1.807) is 29.9 Å². The first-order chi connectivity index (χ1) is 17.5. The molecule has 6 rings (SSSR count). The Bertz CT molecular complexity index is 1700. The normalized spacial score (nSPS) is 11.5. The molecule has 0 spiro atoms. The molecule has 178 valence electrons. The fourth-order valence-corrected chi connectivity index (χ4v) is 4.99. The van der Waals surface area contributed by atoms with Crippen LogP contribution in [-0.4, -0.2) is 36.0 Å². The standard InChI is InChI=1S/C27H23N7OS/c1-15(2)7-25(35)31-18-8-17(11-28-12-18)22-10-21-24(13-30-22)33-34-26(21)23-9-20-19(16-4-6-36-14-16)3-5-29-27(20)32-23/h3-6,8-15H,7H2,1-2H3,(H,29,32)(H,31,35)(H,33,34). The quantitative estimate of drug-likeness (QED) is 0.253. The first kappa shape index (κ1) is 22.1. The Labute approximate surface area is 210 Å². The fourth-order valence-electron chi connectivity index (χ4n) is 4.34. The maximum absolute atomic E-state index is 12.2. The topological polar surface area (TPSA) is 112 Å². The second-order valence-electron chi connectivity index (χ2n) is 9.11. The molecule has 0 fully saturated rings. The first-order valence-corrected chi connectivity index (χ1v) is 12.6. The maximum atomic E-state index is 12.2. The van der Waals surface area contributed by atoms with Gasteiger partial charge in [0.25, 0.3) is 0 Å². The van der Waals surface area contributed by atoms with E-state index in [0.29, 0.717) is 12.1 Å². The van der Waals surface area contributed by atoms with E-state index >= 15 is 0 Å². The highest BCUT2D eigenvalue weighted by Crippen LogP contribution is 2.34. The Kier molecular flexibility index (Phi) is 5.54. The summed E-state index contributed by atoms with van der Waals surface area (Å²) < 4.78 is 0. The third-order valence-electron chi connectivity index (χ3n) is 5.98. The van der Waals surface area contributed by atoms with Gasteiger partial charge in [-0.1, -0.05) is 13.8 Å². The molecule has 0 saturated carbocycles. The molecule has 6 heterocycles. The number of carbonyl (C=O) groups is 1. The highest BCUT2D eigenvalue weighted by atomic mass is 32.1. The number of H-pyrrole nitrogens is 2. The largest absolute Gasteiger partial charge is 0.338 e. The van der Waals surface area contributed by atoms with Crippen LogP contribution in [-0.2, 0) is 4.79 Å². The molecule has 9 heteroatoms. The number of anilines is 1. The zero-order valence-electron chi connectivity index (χ0n) is 19.7. The number of aromatic amines is 2. The molecule has 0 saturated heterocycles. The second-order valence-corrected chi connectivity index (χ2v) is 9.89. The molecular formula is C27H23N7OS. The van der Waals surface area contributed by atoms with Gasteiger partial charge in [-0.2, -0.15) is 16.4 Å². The number of amides is 1. The molecule has 0 aliphatic rings. The summed E-state index contributed by atoms with van der Waals surface area (Å²) >= 11 is 1.67. The van der Waals surface area contributed by atoms with Crippen LogP contribution in [0.15, 0.2) is 65.9 Å². The Hall–Kier alpha value is -4.37. The molecular weight excluding hydrogens is 470 g/mol. The lowest BCUT2D eigenvalue weighted by Gasteiger charge is -2.08. The first-order valence-electron chi connectivity index (χ1n) is 11.7. The Morgan fingerprint density at radius 3 is 2.81 bits per heavy atom. The van der Waals surface area contributed by atoms with Crippen LogP contribution in [0.2, 0.25) is 0 Å². The third-order valence-corrected chi connectivity index (χ3v) is 6.66. The van der Waals surface area contributed by atoms with Gasteiger partial charge in [-0.3, -0.25) is 19.9 Å². The van der Waals surface area contributed by atoms with Gasteiger partial charge in [0.15, 0.2) is 0 Å². The molecule has 36 heavy (non-hydrogen) atoms. The summed E-state index contributed by atoms with van der Waals surface area (Å²) in [4.78, 5) is 29.1. The van der Waals surface area contributed by atoms with Crippen LogP contribution >= 0.6 is 11.3 Å². The SMILES string of the molecule is CC(C)CC(=O)Nc1cncc(-c2cc3c(-c4cc5c(-c6ccsc6)ccnc5[nH]4)n[nH]c3cn2)c1. The summed E-state index contributed by atoms with van der Waals surface area (Å²) in [6, 6.07) is 10.1. The molecule has 8 nitrogen and oxygen atoms in total. The van der Waals surface area contributed by atoms with Gasteiger partial charge in [-0.05, 0) is 58.1 Å². The molecule has 0 aromatic carbocycles. The number of pyridine rings is 3. The van der Waals surface area contributed by atoms with Gasteiger partial charge in [0, 0.05) is 35.2 Å². The van der Waals surface area contributed by atoms with Crippen LogP contribution in [0.3, 0.4) is 0 Å². The smallest absolute Gasteiger partial charge is 0.224 e. The van der Waals surface area contributed by atoms with Gasteiger partial charge in [0.2, 0.25) is 5.91 Å². The lowest BCUT2D eigenvalue weighted by molar-refractivity contribution is -0.116. The molecule has 1 amide bonds. The summed E-state index contributed by atoms with van der Waals surface area (Å²) in [5.41, 5.74) is 7.80. The van der Waals surface area contributed by atoms with E-state index < -0.39 is 0 Å². The Morgan fingerprint density at radius 2 is 1.97 bits per heavy atom. The third kappa shape index (κ3) is 4.14. The summed E-state index contributed by atoms with van der Waals surface area (Å²) in [6.45, 7) is 4.03. The number of fused-ring (bicyclic) bond motifs is 2. The number of carbonyl (C=O) groups excluding carboxylic acids is 1. The lowest BCUT2D eigenvalue weighted by atomic mass is 10.1. The lowest BCUT2D eigenvalue weighted by Crippen LogP contribution is -2.13. The molecule has 0 bridgehead atoms. The second kappa shape index (κ2) is 9.01. The zero-order valence-corrected chi connectivity index (χ0v) is 20.6. The van der Waals surface area contributed by atoms with Gasteiger partial charge < -0.3 is 10.3 Å². The van der Waals surface area contributed by atoms with E-state index in [2.05, 4.69) is 58.3 Å². The van der Waals surface area contributed by atoms with E-state index in [0.717, 1.165) is 50.1 Å². The number of rotatable bonds is 6. The number of hydrogen-bond acceptors (Lipinski definition) is 6. The predicted octanol–water partition coefficient (Wildman–Crippen LogP) is 6.28. The number of aromatic nitrogens is 6. The zero-order chi connectivity index (χ0) is 24.6. The summed E-state index contributed by atoms with van der Waals surface area (Å²) in [5.74, 6) is 0.254. The monoisotopic (exact) mass is 493 g/mol. The van der Waals surface area contributed by atoms with Crippen LogP contribution in [0.25, 0.3) is 55.7 Å². The van der Waals surface area contributed by atoms with Crippen molar-refractivity contribution in [1.82, 2.24) is 30.1 Å². The van der Waals surface area contributed by atoms with Gasteiger partial charge >= 0.3 is 0 Å². The van der Waals surface area contributed by atoms with Crippen molar-refractivity contribution in [2.75, 3.05) is 5.32 Å². The van der Waals surface area contributed by atoms with Crippen LogP contribution in [0, 0.1) is 5.92 Å². The molecule has 0 atom stereocenters. The maximum Gasteiger partial charge on any atom is 0.224 e. The minimum Gasteiger partial charge on any atom is -0.338 e. The van der Waals surface area contributed by atoms with Gasteiger partial charge in [-0.25, -0.2) is 4.98 Å². The molecule has 0 aliphatic carbocycles. The van der Waals surface area contributed by atoms with Gasteiger partial charge in [0.05, 0.1) is 35.0 Å². The van der Waals surface area contributed by atoms with Crippen molar-refractivity contribution < 1.29 is 4.79 Å². The fraction of sp³-hybridized carbons (Fsp3) is 0.148. The van der Waals surface area contributed by atoms with Crippen LogP contribution in [0.5, 0.6) is 0 Å². The average molecular weight is 494 g/mol. The molecule has 6 aromatic heterocycles. The molecule has 0 aliphatic heterocycles. The average Bonchev–Trinajstić information content (AvgIpc) is 3.62. The van der Waals surface area contributed by atoms with Gasteiger partial charge in [-0.15, -0.1) is 0 Å². The Morgan fingerprint density at radius 1 is 1.06 bits per heavy atom. The van der Waals surface area contributed by atoms with Crippen molar-refractivity contribution in [2.45, 2.75) is 20.3 Å². The molecule has 3 N–H and O–H groups in total. The molecule has 0 radical (unpaired) electrons. The summed E-state index contributed by atoms with van der Waals surface area (Å²) in [6.07, 6.45) is 7.43. The van der Waals surface area contributed by atoms with Crippen molar-refractivity contribution in [3.05, 3.63) is 65.9 Å². The number of nitrogens with one attached hydrogen (secondary N) is 3. The van der Waals surface area contributed by atoms with Crippen LogP contribution < -0.4 is 5.32 Å². The number of nitrogens with zero attached hydrogens (tertiary/aromatic N) is 4. The van der Waals surface area contributed by atoms with E-state index in [-0.39, 0.29) is 11.8 Å². The molecule has 6 aromatic rings. The summed E-state index contributed by atoms with van der Waals surface area (Å²) in [7, 11) is 0. The van der Waals surface area contributed by atoms with Crippen molar-refractivity contribution >= 4 is 44.9 Å². The molecule has 0 unspecified atom stereocenters. The predicted molar refractivity (Wildman–Crippen MR) is 144 cm³/mol. The van der Waals surface area contributed by atoms with Crippen molar-refractivity contribution in [3.63, 3.8) is 0 Å². The van der Waals surface area contributed by atoms with Crippen molar-refractivity contribution in [2.24, 2.45) is 5.92 Å². The van der Waals surface area contributed by atoms with Gasteiger partial charge in [0.1, 0.15) is 11.3 Å². The van der Waals surface area contributed by atoms with E-state index in [4.69, 9.17) is 0 Å². The minimum atomic E-state index is -0.0290. The highest BCUT2D eigenvalue weighted by molar-refractivity contribution is 7.08. The summed E-state index contributed by atoms with van der Waals surface area (Å²) in [5, 5.41) is 16.8. The van der Waals surface area contributed by atoms with E-state index in [1.807, 2.05) is 38.2 Å².